The Morgan fingerprint density at radius 2 is 1.87 bits per heavy atom. The van der Waals surface area contributed by atoms with Crippen molar-refractivity contribution in [3.63, 3.8) is 0 Å². The summed E-state index contributed by atoms with van der Waals surface area (Å²) >= 11 is 4.04. The van der Waals surface area contributed by atoms with Crippen molar-refractivity contribution >= 4 is 34.6 Å². The number of hydrogen-bond acceptors (Lipinski definition) is 5. The zero-order valence-corrected chi connectivity index (χ0v) is 19.3. The Morgan fingerprint density at radius 1 is 1.03 bits per heavy atom. The molecule has 0 atom stereocenters. The summed E-state index contributed by atoms with van der Waals surface area (Å²) in [5.41, 5.74) is 3.56. The minimum atomic E-state index is 0.709. The summed E-state index contributed by atoms with van der Waals surface area (Å²) in [7, 11) is 2.10. The van der Waals surface area contributed by atoms with E-state index in [9.17, 15) is 0 Å². The molecule has 3 aromatic rings. The second kappa shape index (κ2) is 8.77. The minimum absolute atomic E-state index is 0.709. The molecule has 4 nitrogen and oxygen atoms in total. The fourth-order valence-corrected chi connectivity index (χ4v) is 6.79. The molecule has 2 aliphatic rings. The maximum Gasteiger partial charge on any atom is 0.152 e. The van der Waals surface area contributed by atoms with Gasteiger partial charge in [0.2, 0.25) is 0 Å². The lowest BCUT2D eigenvalue weighted by atomic mass is 9.85. The molecule has 0 saturated heterocycles. The number of hydrogen-bond donors (Lipinski definition) is 3. The highest BCUT2D eigenvalue weighted by molar-refractivity contribution is 8.00. The van der Waals surface area contributed by atoms with Crippen molar-refractivity contribution in [3.05, 3.63) is 47.0 Å². The molecule has 0 radical (unpaired) electrons. The van der Waals surface area contributed by atoms with Gasteiger partial charge in [-0.25, -0.2) is 0 Å². The predicted molar refractivity (Wildman–Crippen MR) is 129 cm³/mol. The van der Waals surface area contributed by atoms with Gasteiger partial charge in [0.1, 0.15) is 0 Å². The number of anilines is 2. The molecule has 3 N–H and O–H groups in total. The van der Waals surface area contributed by atoms with Gasteiger partial charge < -0.3 is 10.6 Å². The van der Waals surface area contributed by atoms with E-state index in [0.717, 1.165) is 28.4 Å². The van der Waals surface area contributed by atoms with Gasteiger partial charge >= 0.3 is 0 Å². The molecule has 0 spiro atoms. The molecule has 2 saturated carbocycles. The number of thioether (sulfide) groups is 1. The summed E-state index contributed by atoms with van der Waals surface area (Å²) in [6.07, 6.45) is 7.88. The summed E-state index contributed by atoms with van der Waals surface area (Å²) in [6.45, 7) is 2.02. The highest BCUT2D eigenvalue weighted by Gasteiger charge is 2.26. The fraction of sp³-hybridized carbons (Fsp3) is 0.458. The Bertz CT molecular complexity index is 996. The summed E-state index contributed by atoms with van der Waals surface area (Å²) in [4.78, 5) is 4.37. The van der Waals surface area contributed by atoms with Crippen LogP contribution in [-0.2, 0) is 0 Å². The Labute approximate surface area is 187 Å². The van der Waals surface area contributed by atoms with E-state index >= 15 is 0 Å². The van der Waals surface area contributed by atoms with Crippen LogP contribution in [0.25, 0.3) is 10.4 Å². The fourth-order valence-electron chi connectivity index (χ4n) is 4.28. The van der Waals surface area contributed by atoms with Crippen LogP contribution in [0.15, 0.2) is 41.3 Å². The van der Waals surface area contributed by atoms with Gasteiger partial charge in [-0.2, -0.15) is 5.10 Å². The van der Waals surface area contributed by atoms with Gasteiger partial charge in [0.15, 0.2) is 5.82 Å². The molecular formula is C24H30N4S2. The molecule has 0 bridgehead atoms. The zero-order valence-electron chi connectivity index (χ0n) is 17.7. The summed E-state index contributed by atoms with van der Waals surface area (Å²) in [5, 5.41) is 15.0. The van der Waals surface area contributed by atoms with Crippen LogP contribution in [0.5, 0.6) is 0 Å². The first-order chi connectivity index (χ1) is 14.7. The number of rotatable bonds is 7. The average molecular weight is 439 g/mol. The van der Waals surface area contributed by atoms with E-state index in [0.29, 0.717) is 6.04 Å². The lowest BCUT2D eigenvalue weighted by molar-refractivity contribution is 0.361. The molecule has 0 amide bonds. The smallest absolute Gasteiger partial charge is 0.152 e. The van der Waals surface area contributed by atoms with Crippen LogP contribution < -0.4 is 10.6 Å². The van der Waals surface area contributed by atoms with Crippen molar-refractivity contribution in [2.45, 2.75) is 67.6 Å². The number of nitrogens with zero attached hydrogens (tertiary/aromatic N) is 1. The molecule has 158 valence electrons. The monoisotopic (exact) mass is 438 g/mol. The van der Waals surface area contributed by atoms with Crippen molar-refractivity contribution in [1.82, 2.24) is 15.5 Å². The Morgan fingerprint density at radius 3 is 2.57 bits per heavy atom. The van der Waals surface area contributed by atoms with Gasteiger partial charge in [0.05, 0.1) is 0 Å². The van der Waals surface area contributed by atoms with Crippen molar-refractivity contribution in [2.75, 3.05) is 12.4 Å². The van der Waals surface area contributed by atoms with E-state index in [1.54, 1.807) is 4.88 Å². The van der Waals surface area contributed by atoms with Crippen LogP contribution in [0.3, 0.4) is 0 Å². The normalized spacial score (nSPS) is 21.7. The second-order valence-electron chi connectivity index (χ2n) is 8.63. The van der Waals surface area contributed by atoms with E-state index < -0.39 is 0 Å². The van der Waals surface area contributed by atoms with Crippen LogP contribution in [0.2, 0.25) is 0 Å². The lowest BCUT2D eigenvalue weighted by Gasteiger charge is -2.27. The first kappa shape index (κ1) is 20.2. The molecule has 2 aliphatic carbocycles. The van der Waals surface area contributed by atoms with Crippen molar-refractivity contribution in [2.24, 2.45) is 0 Å². The van der Waals surface area contributed by atoms with E-state index in [1.165, 1.54) is 53.9 Å². The number of aryl methyl sites for hydroxylation is 1. The van der Waals surface area contributed by atoms with Gasteiger partial charge in [-0.05, 0) is 82.7 Å². The average Bonchev–Trinajstić information content (AvgIpc) is 3.27. The summed E-state index contributed by atoms with van der Waals surface area (Å²) in [5.74, 6) is 1.61. The highest BCUT2D eigenvalue weighted by Crippen LogP contribution is 2.46. The van der Waals surface area contributed by atoms with Crippen LogP contribution in [0, 0.1) is 6.92 Å². The van der Waals surface area contributed by atoms with Crippen LogP contribution in [0.1, 0.15) is 55.0 Å². The minimum Gasteiger partial charge on any atom is -0.339 e. The van der Waals surface area contributed by atoms with E-state index in [4.69, 9.17) is 0 Å². The molecule has 0 aliphatic heterocycles. The van der Waals surface area contributed by atoms with E-state index in [-0.39, 0.29) is 0 Å². The molecule has 30 heavy (non-hydrogen) atoms. The largest absolute Gasteiger partial charge is 0.339 e. The number of benzene rings is 1. The summed E-state index contributed by atoms with van der Waals surface area (Å²) in [6, 6.07) is 14.3. The maximum absolute atomic E-state index is 4.32. The third-order valence-electron chi connectivity index (χ3n) is 6.21. The van der Waals surface area contributed by atoms with Crippen molar-refractivity contribution in [3.8, 4) is 10.4 Å². The molecular weight excluding hydrogens is 408 g/mol. The first-order valence-electron chi connectivity index (χ1n) is 11.0. The second-order valence-corrected chi connectivity index (χ2v) is 11.1. The molecule has 2 fully saturated rings. The molecule has 5 rings (SSSR count). The number of nitrogens with one attached hydrogen (secondary N) is 3. The quantitative estimate of drug-likeness (QED) is 0.385. The number of H-pyrrole nitrogens is 1. The van der Waals surface area contributed by atoms with E-state index in [1.807, 2.05) is 36.1 Å². The molecule has 6 heteroatoms. The van der Waals surface area contributed by atoms with Gasteiger partial charge in [-0.3, -0.25) is 5.10 Å². The number of aromatic amines is 1. The van der Waals surface area contributed by atoms with Gasteiger partial charge in [-0.1, -0.05) is 6.07 Å². The molecule has 2 aromatic heterocycles. The van der Waals surface area contributed by atoms with Crippen molar-refractivity contribution < 1.29 is 0 Å². The van der Waals surface area contributed by atoms with Crippen LogP contribution in [0.4, 0.5) is 11.5 Å². The molecule has 2 heterocycles. The van der Waals surface area contributed by atoms with Crippen LogP contribution >= 0.6 is 23.1 Å². The van der Waals surface area contributed by atoms with Crippen LogP contribution in [-0.4, -0.2) is 28.5 Å². The van der Waals surface area contributed by atoms with Gasteiger partial charge in [0, 0.05) is 49.0 Å². The summed E-state index contributed by atoms with van der Waals surface area (Å²) < 4.78 is 0. The van der Waals surface area contributed by atoms with Gasteiger partial charge in [-0.15, -0.1) is 23.1 Å². The molecule has 1 aromatic carbocycles. The maximum atomic E-state index is 4.32. The zero-order chi connectivity index (χ0) is 20.5. The number of thiophene rings is 1. The Balaban J connectivity index is 1.37. The first-order valence-corrected chi connectivity index (χ1v) is 12.7. The Hall–Kier alpha value is -1.76. The predicted octanol–water partition coefficient (Wildman–Crippen LogP) is 6.69. The third-order valence-corrected chi connectivity index (χ3v) is 8.89. The lowest BCUT2D eigenvalue weighted by Crippen LogP contribution is -2.29. The van der Waals surface area contributed by atoms with Crippen molar-refractivity contribution in [1.29, 1.82) is 0 Å². The number of aromatic nitrogens is 2. The third kappa shape index (κ3) is 4.61. The molecule has 0 unspecified atom stereocenters. The highest BCUT2D eigenvalue weighted by atomic mass is 32.2. The standard InChI is InChI=1S/C24H30N4S2/c1-15-13-24(28-27-15)26-18-7-10-20(23(14-18)29-19-8-9-19)22-12-11-21(30-22)16-3-5-17(25-2)6-4-16/h7,10-14,16-17,19,25H,3-6,8-9H2,1-2H3,(H2,26,27,28). The Kier molecular flexibility index (Phi) is 5.89. The van der Waals surface area contributed by atoms with Gasteiger partial charge in [0.25, 0.3) is 0 Å². The van der Waals surface area contributed by atoms with E-state index in [2.05, 4.69) is 58.2 Å². The SMILES string of the molecule is CNC1CCC(c2ccc(-c3ccc(Nc4cc(C)[nH]n4)cc3SC3CC3)s2)CC1. The topological polar surface area (TPSA) is 52.7 Å².